The lowest BCUT2D eigenvalue weighted by Gasteiger charge is -2.25. The number of benzene rings is 1. The minimum atomic E-state index is -3.80. The average molecular weight is 340 g/mol. The van der Waals surface area contributed by atoms with Crippen LogP contribution in [0.1, 0.15) is 35.2 Å². The number of nitro groups is 1. The van der Waals surface area contributed by atoms with E-state index in [0.29, 0.717) is 12.8 Å². The molecule has 0 heterocycles. The molecule has 0 saturated heterocycles. The van der Waals surface area contributed by atoms with E-state index in [1.807, 2.05) is 0 Å². The van der Waals surface area contributed by atoms with E-state index in [0.717, 1.165) is 18.6 Å². The zero-order valence-corrected chi connectivity index (χ0v) is 13.2. The summed E-state index contributed by atoms with van der Waals surface area (Å²) in [6.45, 7) is 1.47. The van der Waals surface area contributed by atoms with E-state index in [2.05, 4.69) is 4.99 Å². The van der Waals surface area contributed by atoms with Crippen molar-refractivity contribution in [1.29, 1.82) is 0 Å². The molecule has 1 aliphatic rings. The number of carbonyl (C=O) groups excluding carboxylic acids is 1. The molecule has 1 aliphatic carbocycles. The third-order valence-electron chi connectivity index (χ3n) is 3.76. The minimum Gasteiger partial charge on any atom is -0.370 e. The van der Waals surface area contributed by atoms with Gasteiger partial charge in [0.2, 0.25) is 0 Å². The van der Waals surface area contributed by atoms with Gasteiger partial charge in [-0.2, -0.15) is 4.99 Å². The van der Waals surface area contributed by atoms with Gasteiger partial charge in [0.25, 0.3) is 11.6 Å². The number of amides is 1. The van der Waals surface area contributed by atoms with Crippen LogP contribution in [-0.2, 0) is 9.84 Å². The third kappa shape index (κ3) is 3.16. The number of sulfone groups is 1. The maximum absolute atomic E-state index is 12.5. The Kier molecular flexibility index (Phi) is 4.37. The van der Waals surface area contributed by atoms with E-state index in [4.69, 9.17) is 11.5 Å². The minimum absolute atomic E-state index is 0.113. The highest BCUT2D eigenvalue weighted by Crippen LogP contribution is 2.36. The van der Waals surface area contributed by atoms with Crippen LogP contribution in [0, 0.1) is 17.0 Å². The molecule has 0 unspecified atom stereocenters. The van der Waals surface area contributed by atoms with E-state index in [9.17, 15) is 23.3 Å². The Bertz CT molecular complexity index is 808. The van der Waals surface area contributed by atoms with Crippen molar-refractivity contribution in [3.05, 3.63) is 33.4 Å². The summed E-state index contributed by atoms with van der Waals surface area (Å²) in [7, 11) is -3.80. The first-order valence-electron chi connectivity index (χ1n) is 6.81. The molecule has 0 atom stereocenters. The lowest BCUT2D eigenvalue weighted by Crippen LogP contribution is -2.29. The number of nitrogens with zero attached hydrogens (tertiary/aromatic N) is 2. The summed E-state index contributed by atoms with van der Waals surface area (Å²) in [5.74, 6) is -1.35. The average Bonchev–Trinajstić information content (AvgIpc) is 2.34. The normalized spacial score (nSPS) is 14.8. The van der Waals surface area contributed by atoms with Crippen LogP contribution in [0.2, 0.25) is 0 Å². The zero-order valence-electron chi connectivity index (χ0n) is 12.4. The third-order valence-corrected chi connectivity index (χ3v) is 6.05. The molecule has 0 bridgehead atoms. The van der Waals surface area contributed by atoms with Gasteiger partial charge in [0.1, 0.15) is 4.90 Å². The number of hydrogen-bond donors (Lipinski definition) is 2. The molecule has 1 saturated carbocycles. The topological polar surface area (TPSA) is 159 Å². The summed E-state index contributed by atoms with van der Waals surface area (Å²) in [6.07, 6.45) is 1.73. The Balaban J connectivity index is 2.62. The van der Waals surface area contributed by atoms with Crippen molar-refractivity contribution in [3.63, 3.8) is 0 Å². The van der Waals surface area contributed by atoms with E-state index >= 15 is 0 Å². The molecule has 1 amide bonds. The smallest absolute Gasteiger partial charge is 0.288 e. The molecule has 1 fully saturated rings. The van der Waals surface area contributed by atoms with E-state index in [1.54, 1.807) is 0 Å². The largest absolute Gasteiger partial charge is 0.370 e. The van der Waals surface area contributed by atoms with Gasteiger partial charge >= 0.3 is 0 Å². The van der Waals surface area contributed by atoms with Crippen molar-refractivity contribution >= 4 is 27.4 Å². The van der Waals surface area contributed by atoms with Crippen molar-refractivity contribution in [2.45, 2.75) is 36.3 Å². The molecule has 2 rings (SSSR count). The number of aliphatic imine (C=N–C) groups is 1. The van der Waals surface area contributed by atoms with Crippen LogP contribution in [-0.4, -0.2) is 30.5 Å². The fourth-order valence-electron chi connectivity index (χ4n) is 2.31. The van der Waals surface area contributed by atoms with Gasteiger partial charge in [-0.3, -0.25) is 14.9 Å². The van der Waals surface area contributed by atoms with E-state index in [1.165, 1.54) is 6.92 Å². The van der Waals surface area contributed by atoms with Gasteiger partial charge in [-0.15, -0.1) is 0 Å². The van der Waals surface area contributed by atoms with E-state index < -0.39 is 37.6 Å². The molecule has 1 aromatic rings. The SMILES string of the molecule is Cc1cc(S(=O)(=O)C2CCC2)c([N+](=O)[O-])cc1C(=O)N=C(N)N. The molecule has 10 heteroatoms. The monoisotopic (exact) mass is 340 g/mol. The van der Waals surface area contributed by atoms with Gasteiger partial charge in [0.15, 0.2) is 15.8 Å². The lowest BCUT2D eigenvalue weighted by molar-refractivity contribution is -0.387. The molecule has 0 radical (unpaired) electrons. The van der Waals surface area contributed by atoms with Crippen LogP contribution in [0.25, 0.3) is 0 Å². The second kappa shape index (κ2) is 5.95. The highest BCUT2D eigenvalue weighted by molar-refractivity contribution is 7.92. The predicted molar refractivity (Wildman–Crippen MR) is 82.8 cm³/mol. The number of carbonyl (C=O) groups is 1. The number of guanidine groups is 1. The van der Waals surface area contributed by atoms with Gasteiger partial charge in [0.05, 0.1) is 15.7 Å². The molecule has 0 aromatic heterocycles. The second-order valence-corrected chi connectivity index (χ2v) is 7.53. The molecular formula is C13H16N4O5S. The van der Waals surface area contributed by atoms with Crippen LogP contribution in [0.5, 0.6) is 0 Å². The summed E-state index contributed by atoms with van der Waals surface area (Å²) in [4.78, 5) is 25.3. The van der Waals surface area contributed by atoms with Gasteiger partial charge in [-0.05, 0) is 31.4 Å². The first-order valence-corrected chi connectivity index (χ1v) is 8.36. The Morgan fingerprint density at radius 1 is 1.35 bits per heavy atom. The Labute approximate surface area is 132 Å². The standard InChI is InChI=1S/C13H16N4O5S/c1-7-5-11(23(21,22)8-3-2-4-8)10(17(19)20)6-9(7)12(18)16-13(14)15/h5-6,8H,2-4H2,1H3,(H4,14,15,16,18). The molecular weight excluding hydrogens is 324 g/mol. The summed E-state index contributed by atoms with van der Waals surface area (Å²) < 4.78 is 25.0. The molecule has 23 heavy (non-hydrogen) atoms. The Morgan fingerprint density at radius 3 is 2.39 bits per heavy atom. The molecule has 124 valence electrons. The number of nitrogens with two attached hydrogens (primary N) is 2. The molecule has 1 aromatic carbocycles. The van der Waals surface area contributed by atoms with Crippen LogP contribution in [0.3, 0.4) is 0 Å². The van der Waals surface area contributed by atoms with Crippen molar-refractivity contribution in [2.75, 3.05) is 0 Å². The fourth-order valence-corrected chi connectivity index (χ4v) is 4.39. The summed E-state index contributed by atoms with van der Waals surface area (Å²) in [5, 5.41) is 10.6. The lowest BCUT2D eigenvalue weighted by atomic mass is 10.00. The van der Waals surface area contributed by atoms with Crippen molar-refractivity contribution in [3.8, 4) is 0 Å². The fraction of sp³-hybridized carbons (Fsp3) is 0.385. The predicted octanol–water partition coefficient (Wildman–Crippen LogP) is 0.643. The highest BCUT2D eigenvalue weighted by Gasteiger charge is 2.38. The first kappa shape index (κ1) is 16.9. The van der Waals surface area contributed by atoms with Crippen LogP contribution in [0.4, 0.5) is 5.69 Å². The summed E-state index contributed by atoms with van der Waals surface area (Å²) >= 11 is 0. The van der Waals surface area contributed by atoms with Gasteiger partial charge in [0, 0.05) is 6.07 Å². The number of aryl methyl sites for hydroxylation is 1. The van der Waals surface area contributed by atoms with Crippen LogP contribution in [0.15, 0.2) is 22.0 Å². The second-order valence-electron chi connectivity index (χ2n) is 5.33. The van der Waals surface area contributed by atoms with Gasteiger partial charge < -0.3 is 11.5 Å². The van der Waals surface area contributed by atoms with Crippen molar-refractivity contribution < 1.29 is 18.1 Å². The van der Waals surface area contributed by atoms with Crippen LogP contribution < -0.4 is 11.5 Å². The number of hydrogen-bond acceptors (Lipinski definition) is 5. The molecule has 4 N–H and O–H groups in total. The highest BCUT2D eigenvalue weighted by atomic mass is 32.2. The zero-order chi connectivity index (χ0) is 17.4. The molecule has 9 nitrogen and oxygen atoms in total. The number of nitro benzene ring substituents is 1. The maximum atomic E-state index is 12.5. The Morgan fingerprint density at radius 2 is 1.96 bits per heavy atom. The summed E-state index contributed by atoms with van der Waals surface area (Å²) in [6, 6.07) is 2.05. The number of rotatable bonds is 4. The van der Waals surface area contributed by atoms with Crippen molar-refractivity contribution in [2.24, 2.45) is 16.5 Å². The maximum Gasteiger partial charge on any atom is 0.288 e. The molecule has 0 spiro atoms. The van der Waals surface area contributed by atoms with Gasteiger partial charge in [-0.1, -0.05) is 6.42 Å². The van der Waals surface area contributed by atoms with Gasteiger partial charge in [-0.25, -0.2) is 8.42 Å². The Hall–Kier alpha value is -2.49. The van der Waals surface area contributed by atoms with E-state index in [-0.39, 0.29) is 16.0 Å². The summed E-state index contributed by atoms with van der Waals surface area (Å²) in [5.41, 5.74) is 9.74. The first-order chi connectivity index (χ1) is 10.6. The quantitative estimate of drug-likeness (QED) is 0.352. The van der Waals surface area contributed by atoms with Crippen LogP contribution >= 0.6 is 0 Å². The van der Waals surface area contributed by atoms with Crippen molar-refractivity contribution in [1.82, 2.24) is 0 Å². The molecule has 0 aliphatic heterocycles.